The Morgan fingerprint density at radius 1 is 1.75 bits per heavy atom. The fraction of sp³-hybridized carbons (Fsp3) is 0.250. The molecule has 0 aromatic rings. The summed E-state index contributed by atoms with van der Waals surface area (Å²) < 4.78 is 1.01. The first-order chi connectivity index (χ1) is 5.57. The molecule has 0 aromatic heterocycles. The van der Waals surface area contributed by atoms with Crippen molar-refractivity contribution < 1.29 is 5.21 Å². The largest absolute Gasteiger partial charge is 0.315 e. The van der Waals surface area contributed by atoms with E-state index in [9.17, 15) is 0 Å². The Labute approximate surface area is 80.7 Å². The smallest absolute Gasteiger partial charge is 0.104 e. The highest BCUT2D eigenvalue weighted by Gasteiger charge is 1.98. The quantitative estimate of drug-likeness (QED) is 0.393. The number of allylic oxidation sites excluding steroid dienone is 3. The summed E-state index contributed by atoms with van der Waals surface area (Å²) in [6, 6.07) is 0. The average Bonchev–Trinajstić information content (AvgIpc) is 2.02. The number of halogens is 1. The maximum Gasteiger partial charge on any atom is 0.104 e. The minimum absolute atomic E-state index is 0.606. The fourth-order valence-corrected chi connectivity index (χ4v) is 0.643. The highest BCUT2D eigenvalue weighted by Crippen LogP contribution is 2.03. The maximum atomic E-state index is 8.42. The van der Waals surface area contributed by atoms with Gasteiger partial charge in [-0.2, -0.15) is 5.48 Å². The molecule has 0 aliphatic rings. The number of hydrogen-bond acceptors (Lipinski definition) is 3. The lowest BCUT2D eigenvalue weighted by atomic mass is 10.2. The van der Waals surface area contributed by atoms with Crippen LogP contribution in [0.15, 0.2) is 34.9 Å². The number of nitrogens with two attached hydrogens (primary N) is 1. The molecule has 0 heterocycles. The molecule has 12 heavy (non-hydrogen) atoms. The van der Waals surface area contributed by atoms with Crippen molar-refractivity contribution in [2.24, 2.45) is 5.73 Å². The second-order valence-electron chi connectivity index (χ2n) is 2.29. The van der Waals surface area contributed by atoms with Crippen LogP contribution in [-0.4, -0.2) is 11.4 Å². The summed E-state index contributed by atoms with van der Waals surface area (Å²) in [4.78, 5) is 0. The third-order valence-corrected chi connectivity index (χ3v) is 1.44. The van der Waals surface area contributed by atoms with Crippen molar-refractivity contribution in [3.8, 4) is 0 Å². The van der Waals surface area contributed by atoms with Crippen LogP contribution in [0.25, 0.3) is 0 Å². The van der Waals surface area contributed by atoms with Gasteiger partial charge in [-0.1, -0.05) is 40.7 Å². The van der Waals surface area contributed by atoms with Gasteiger partial charge in [-0.05, 0) is 17.0 Å². The average molecular weight is 233 g/mol. The first kappa shape index (κ1) is 11.6. The van der Waals surface area contributed by atoms with E-state index in [0.717, 1.165) is 4.48 Å². The van der Waals surface area contributed by atoms with Crippen LogP contribution in [0.2, 0.25) is 0 Å². The second-order valence-corrected chi connectivity index (χ2v) is 3.55. The van der Waals surface area contributed by atoms with Gasteiger partial charge in [0.05, 0.1) is 0 Å². The van der Waals surface area contributed by atoms with Crippen molar-refractivity contribution in [1.82, 2.24) is 5.48 Å². The van der Waals surface area contributed by atoms with Gasteiger partial charge in [0.15, 0.2) is 0 Å². The third-order valence-electron chi connectivity index (χ3n) is 1.17. The van der Waals surface area contributed by atoms with Crippen molar-refractivity contribution in [2.75, 3.05) is 0 Å². The molecule has 0 rings (SSSR count). The van der Waals surface area contributed by atoms with Gasteiger partial charge in [-0.3, -0.25) is 0 Å². The van der Waals surface area contributed by atoms with E-state index in [2.05, 4.69) is 22.5 Å². The molecule has 0 amide bonds. The van der Waals surface area contributed by atoms with Crippen molar-refractivity contribution in [3.63, 3.8) is 0 Å². The lowest BCUT2D eigenvalue weighted by molar-refractivity contribution is 0.143. The van der Waals surface area contributed by atoms with E-state index in [-0.39, 0.29) is 0 Å². The van der Waals surface area contributed by atoms with Crippen LogP contribution < -0.4 is 11.2 Å². The van der Waals surface area contributed by atoms with Gasteiger partial charge in [0, 0.05) is 0 Å². The molecule has 0 aliphatic carbocycles. The SMILES string of the molecule is C=C(/C=C\C=C(/C)Br)C(N)NO. The summed E-state index contributed by atoms with van der Waals surface area (Å²) in [6.07, 6.45) is 4.77. The zero-order valence-corrected chi connectivity index (χ0v) is 8.51. The van der Waals surface area contributed by atoms with Gasteiger partial charge in [0.25, 0.3) is 0 Å². The Morgan fingerprint density at radius 3 is 2.75 bits per heavy atom. The molecule has 0 fully saturated rings. The van der Waals surface area contributed by atoms with Gasteiger partial charge in [0.1, 0.15) is 6.17 Å². The van der Waals surface area contributed by atoms with Crippen molar-refractivity contribution in [1.29, 1.82) is 0 Å². The zero-order chi connectivity index (χ0) is 9.56. The molecule has 1 atom stereocenters. The zero-order valence-electron chi connectivity index (χ0n) is 6.92. The highest BCUT2D eigenvalue weighted by atomic mass is 79.9. The maximum absolute atomic E-state index is 8.42. The molecule has 0 saturated heterocycles. The Morgan fingerprint density at radius 2 is 2.33 bits per heavy atom. The summed E-state index contributed by atoms with van der Waals surface area (Å²) >= 11 is 3.26. The molecular formula is C8H13BrN2O. The van der Waals surface area contributed by atoms with Gasteiger partial charge in [-0.15, -0.1) is 0 Å². The topological polar surface area (TPSA) is 58.3 Å². The minimum Gasteiger partial charge on any atom is -0.315 e. The van der Waals surface area contributed by atoms with E-state index in [1.54, 1.807) is 12.2 Å². The van der Waals surface area contributed by atoms with Crippen LogP contribution >= 0.6 is 15.9 Å². The van der Waals surface area contributed by atoms with E-state index >= 15 is 0 Å². The summed E-state index contributed by atoms with van der Waals surface area (Å²) in [5, 5.41) is 8.42. The lowest BCUT2D eigenvalue weighted by Crippen LogP contribution is -2.35. The normalized spacial score (nSPS) is 15.2. The number of hydroxylamine groups is 1. The van der Waals surface area contributed by atoms with Crippen LogP contribution in [0.1, 0.15) is 6.92 Å². The third kappa shape index (κ3) is 5.26. The summed E-state index contributed by atoms with van der Waals surface area (Å²) in [5.41, 5.74) is 7.90. The Bertz CT molecular complexity index is 207. The second kappa shape index (κ2) is 6.14. The van der Waals surface area contributed by atoms with Crippen LogP contribution in [0.4, 0.5) is 0 Å². The first-order valence-corrected chi connectivity index (χ1v) is 4.21. The first-order valence-electron chi connectivity index (χ1n) is 3.42. The molecule has 0 radical (unpaired) electrons. The molecule has 4 heteroatoms. The molecule has 1 unspecified atom stereocenters. The summed E-state index contributed by atoms with van der Waals surface area (Å²) in [7, 11) is 0. The van der Waals surface area contributed by atoms with Gasteiger partial charge >= 0.3 is 0 Å². The Balaban J connectivity index is 4.00. The van der Waals surface area contributed by atoms with Gasteiger partial charge in [0.2, 0.25) is 0 Å². The molecule has 4 N–H and O–H groups in total. The van der Waals surface area contributed by atoms with Crippen LogP contribution in [0.3, 0.4) is 0 Å². The molecule has 0 aliphatic heterocycles. The molecule has 0 bridgehead atoms. The Hall–Kier alpha value is -0.420. The molecule has 3 nitrogen and oxygen atoms in total. The van der Waals surface area contributed by atoms with Crippen LogP contribution in [0.5, 0.6) is 0 Å². The van der Waals surface area contributed by atoms with Gasteiger partial charge < -0.3 is 10.9 Å². The molecule has 0 saturated carbocycles. The fourth-order valence-electron chi connectivity index (χ4n) is 0.491. The monoisotopic (exact) mass is 232 g/mol. The number of hydrogen-bond donors (Lipinski definition) is 3. The van der Waals surface area contributed by atoms with Crippen molar-refractivity contribution >= 4 is 15.9 Å². The summed E-state index contributed by atoms with van der Waals surface area (Å²) in [6.45, 7) is 5.56. The molecular weight excluding hydrogens is 220 g/mol. The van der Waals surface area contributed by atoms with E-state index in [1.807, 2.05) is 18.5 Å². The van der Waals surface area contributed by atoms with Gasteiger partial charge in [-0.25, -0.2) is 0 Å². The van der Waals surface area contributed by atoms with Crippen LogP contribution in [0, 0.1) is 0 Å². The van der Waals surface area contributed by atoms with Crippen LogP contribution in [-0.2, 0) is 0 Å². The van der Waals surface area contributed by atoms with E-state index in [0.29, 0.717) is 5.57 Å². The van der Waals surface area contributed by atoms with E-state index < -0.39 is 6.17 Å². The van der Waals surface area contributed by atoms with Crippen molar-refractivity contribution in [3.05, 3.63) is 34.9 Å². The molecule has 68 valence electrons. The minimum atomic E-state index is -0.606. The highest BCUT2D eigenvalue weighted by molar-refractivity contribution is 9.11. The standard InChI is InChI=1S/C8H13BrN2O/c1-6(8(10)11-12)4-3-5-7(2)9/h3-5,8,11-12H,1,10H2,2H3/b4-3-,7-5+. The van der Waals surface area contributed by atoms with E-state index in [4.69, 9.17) is 10.9 Å². The van der Waals surface area contributed by atoms with Crippen molar-refractivity contribution in [2.45, 2.75) is 13.1 Å². The summed E-state index contributed by atoms with van der Waals surface area (Å²) in [5.74, 6) is 0. The molecule has 0 spiro atoms. The predicted octanol–water partition coefficient (Wildman–Crippen LogP) is 1.66. The number of nitrogens with one attached hydrogen (secondary N) is 1. The van der Waals surface area contributed by atoms with E-state index in [1.165, 1.54) is 0 Å². The number of rotatable bonds is 4. The predicted molar refractivity (Wildman–Crippen MR) is 53.9 cm³/mol. The Kier molecular flexibility index (Phi) is 5.92. The molecule has 0 aromatic carbocycles. The lowest BCUT2D eigenvalue weighted by Gasteiger charge is -2.07.